The normalized spacial score (nSPS) is 29.0. The summed E-state index contributed by atoms with van der Waals surface area (Å²) in [5.41, 5.74) is 3.26. The Morgan fingerprint density at radius 2 is 1.90 bits per heavy atom. The minimum Gasteiger partial charge on any atom is -0.390 e. The second kappa shape index (κ2) is 7.19. The van der Waals surface area contributed by atoms with Crippen molar-refractivity contribution in [3.05, 3.63) is 54.0 Å². The van der Waals surface area contributed by atoms with E-state index in [1.165, 1.54) is 38.5 Å². The highest BCUT2D eigenvalue weighted by Crippen LogP contribution is 2.59. The Kier molecular flexibility index (Phi) is 4.42. The molecule has 0 unspecified atom stereocenters. The SMILES string of the molecule is O=C(NCC12CC3CC(CC(C3)C1)C2)c1cccc2nc(Cn3cncc3CO)cn12. The second-order valence-electron chi connectivity index (χ2n) is 10.1. The van der Waals surface area contributed by atoms with Gasteiger partial charge < -0.3 is 15.0 Å². The number of aliphatic hydroxyl groups is 1. The summed E-state index contributed by atoms with van der Waals surface area (Å²) in [6.07, 6.45) is 13.4. The molecule has 7 rings (SSSR count). The third-order valence-corrected chi connectivity index (χ3v) is 7.86. The molecule has 7 heteroatoms. The summed E-state index contributed by atoms with van der Waals surface area (Å²) in [4.78, 5) is 21.9. The summed E-state index contributed by atoms with van der Waals surface area (Å²) in [6, 6.07) is 5.67. The van der Waals surface area contributed by atoms with Crippen LogP contribution in [0.25, 0.3) is 5.65 Å². The van der Waals surface area contributed by atoms with E-state index < -0.39 is 0 Å². The topological polar surface area (TPSA) is 84.5 Å². The zero-order valence-electron chi connectivity index (χ0n) is 17.7. The Bertz CT molecular complexity index is 1090. The van der Waals surface area contributed by atoms with E-state index in [2.05, 4.69) is 15.3 Å². The molecule has 0 saturated heterocycles. The number of carbonyl (C=O) groups excluding carboxylic acids is 1. The fourth-order valence-electron chi connectivity index (χ4n) is 6.98. The van der Waals surface area contributed by atoms with Crippen LogP contribution in [-0.4, -0.2) is 36.5 Å². The molecule has 0 aromatic carbocycles. The number of amides is 1. The maximum atomic E-state index is 13.2. The fourth-order valence-corrected chi connectivity index (χ4v) is 6.98. The molecular weight excluding hydrogens is 390 g/mol. The minimum absolute atomic E-state index is 0.0241. The van der Waals surface area contributed by atoms with E-state index in [0.717, 1.165) is 41.3 Å². The molecule has 0 atom stereocenters. The first-order valence-corrected chi connectivity index (χ1v) is 11.5. The van der Waals surface area contributed by atoms with Gasteiger partial charge in [-0.1, -0.05) is 6.07 Å². The molecule has 4 bridgehead atoms. The lowest BCUT2D eigenvalue weighted by Crippen LogP contribution is -2.51. The van der Waals surface area contributed by atoms with E-state index in [-0.39, 0.29) is 12.5 Å². The monoisotopic (exact) mass is 419 g/mol. The molecule has 4 aliphatic rings. The Hall–Kier alpha value is -2.67. The Labute approximate surface area is 181 Å². The molecule has 0 radical (unpaired) electrons. The average Bonchev–Trinajstić information content (AvgIpc) is 3.37. The van der Waals surface area contributed by atoms with Crippen LogP contribution in [0.3, 0.4) is 0 Å². The number of hydrogen-bond acceptors (Lipinski definition) is 4. The number of rotatable bonds is 6. The maximum absolute atomic E-state index is 13.2. The standard InChI is InChI=1S/C24H29N5O2/c30-13-20-10-25-15-28(20)11-19-12-29-21(2-1-3-22(29)27-19)23(31)26-14-24-7-16-4-17(8-24)6-18(5-16)9-24/h1-3,10,12,15-18,30H,4-9,11,13-14H2,(H,26,31). The number of aliphatic hydroxyl groups excluding tert-OH is 1. The van der Waals surface area contributed by atoms with Gasteiger partial charge in [0.25, 0.3) is 5.91 Å². The van der Waals surface area contributed by atoms with Gasteiger partial charge in [-0.3, -0.25) is 9.20 Å². The molecule has 3 heterocycles. The van der Waals surface area contributed by atoms with Crippen LogP contribution in [-0.2, 0) is 13.2 Å². The van der Waals surface area contributed by atoms with E-state index in [1.54, 1.807) is 12.5 Å². The lowest BCUT2D eigenvalue weighted by atomic mass is 9.49. The number of carbonyl (C=O) groups is 1. The van der Waals surface area contributed by atoms with Gasteiger partial charge in [-0.15, -0.1) is 0 Å². The van der Waals surface area contributed by atoms with Crippen LogP contribution in [0.5, 0.6) is 0 Å². The second-order valence-corrected chi connectivity index (χ2v) is 10.1. The number of nitrogens with one attached hydrogen (secondary N) is 1. The van der Waals surface area contributed by atoms with Gasteiger partial charge in [0.1, 0.15) is 11.3 Å². The number of nitrogens with zero attached hydrogens (tertiary/aromatic N) is 4. The highest BCUT2D eigenvalue weighted by Gasteiger charge is 2.50. The lowest BCUT2D eigenvalue weighted by Gasteiger charge is -2.56. The minimum atomic E-state index is -0.0641. The third kappa shape index (κ3) is 3.35. The fraction of sp³-hybridized carbons (Fsp3) is 0.542. The van der Waals surface area contributed by atoms with Crippen molar-refractivity contribution < 1.29 is 9.90 Å². The maximum Gasteiger partial charge on any atom is 0.268 e. The van der Waals surface area contributed by atoms with Crippen LogP contribution < -0.4 is 5.32 Å². The van der Waals surface area contributed by atoms with Crippen molar-refractivity contribution in [2.45, 2.75) is 51.7 Å². The van der Waals surface area contributed by atoms with Crippen molar-refractivity contribution >= 4 is 11.6 Å². The van der Waals surface area contributed by atoms with Gasteiger partial charge in [0.2, 0.25) is 0 Å². The molecule has 3 aromatic heterocycles. The van der Waals surface area contributed by atoms with Gasteiger partial charge >= 0.3 is 0 Å². The van der Waals surface area contributed by atoms with Gasteiger partial charge in [0.05, 0.1) is 37.1 Å². The van der Waals surface area contributed by atoms with Crippen LogP contribution >= 0.6 is 0 Å². The molecule has 4 aliphatic carbocycles. The molecule has 3 aromatic rings. The molecule has 31 heavy (non-hydrogen) atoms. The Morgan fingerprint density at radius 3 is 2.61 bits per heavy atom. The van der Waals surface area contributed by atoms with Crippen LogP contribution in [0.1, 0.15) is 60.4 Å². The van der Waals surface area contributed by atoms with Crippen LogP contribution in [0.15, 0.2) is 36.9 Å². The predicted molar refractivity (Wildman–Crippen MR) is 115 cm³/mol. The van der Waals surface area contributed by atoms with Crippen molar-refractivity contribution in [2.24, 2.45) is 23.2 Å². The summed E-state index contributed by atoms with van der Waals surface area (Å²) < 4.78 is 3.74. The number of hydrogen-bond donors (Lipinski definition) is 2. The summed E-state index contributed by atoms with van der Waals surface area (Å²) in [7, 11) is 0. The van der Waals surface area contributed by atoms with Crippen LogP contribution in [0.2, 0.25) is 0 Å². The number of fused-ring (bicyclic) bond motifs is 1. The first-order chi connectivity index (χ1) is 15.1. The van der Waals surface area contributed by atoms with Gasteiger partial charge in [-0.05, 0) is 73.8 Å². The first kappa shape index (κ1) is 19.0. The summed E-state index contributed by atoms with van der Waals surface area (Å²) in [5.74, 6) is 2.63. The predicted octanol–water partition coefficient (Wildman–Crippen LogP) is 3.02. The zero-order chi connectivity index (χ0) is 21.0. The third-order valence-electron chi connectivity index (χ3n) is 7.86. The van der Waals surface area contributed by atoms with E-state index >= 15 is 0 Å². The molecular formula is C24H29N5O2. The summed E-state index contributed by atoms with van der Waals surface area (Å²) in [6.45, 7) is 1.24. The van der Waals surface area contributed by atoms with Crippen LogP contribution in [0.4, 0.5) is 0 Å². The molecule has 4 fully saturated rings. The van der Waals surface area contributed by atoms with Crippen molar-refractivity contribution in [3.63, 3.8) is 0 Å². The first-order valence-electron chi connectivity index (χ1n) is 11.5. The number of imidazole rings is 2. The van der Waals surface area contributed by atoms with Gasteiger partial charge in [0, 0.05) is 12.7 Å². The molecule has 4 saturated carbocycles. The largest absolute Gasteiger partial charge is 0.390 e. The molecule has 2 N–H and O–H groups in total. The van der Waals surface area contributed by atoms with E-state index in [1.807, 2.05) is 33.4 Å². The van der Waals surface area contributed by atoms with Gasteiger partial charge in [0.15, 0.2) is 0 Å². The zero-order valence-corrected chi connectivity index (χ0v) is 17.7. The van der Waals surface area contributed by atoms with Crippen molar-refractivity contribution in [1.82, 2.24) is 24.3 Å². The number of pyridine rings is 1. The number of aromatic nitrogens is 4. The van der Waals surface area contributed by atoms with E-state index in [4.69, 9.17) is 0 Å². The molecule has 0 spiro atoms. The van der Waals surface area contributed by atoms with Crippen LogP contribution in [0, 0.1) is 23.2 Å². The van der Waals surface area contributed by atoms with Gasteiger partial charge in [-0.25, -0.2) is 9.97 Å². The molecule has 7 nitrogen and oxygen atoms in total. The van der Waals surface area contributed by atoms with Crippen molar-refractivity contribution in [3.8, 4) is 0 Å². The molecule has 162 valence electrons. The van der Waals surface area contributed by atoms with Gasteiger partial charge in [-0.2, -0.15) is 0 Å². The summed E-state index contributed by atoms with van der Waals surface area (Å²) >= 11 is 0. The molecule has 0 aliphatic heterocycles. The Morgan fingerprint density at radius 1 is 1.16 bits per heavy atom. The average molecular weight is 420 g/mol. The van der Waals surface area contributed by atoms with E-state index in [9.17, 15) is 9.90 Å². The highest BCUT2D eigenvalue weighted by molar-refractivity contribution is 5.93. The van der Waals surface area contributed by atoms with Crippen molar-refractivity contribution in [2.75, 3.05) is 6.54 Å². The highest BCUT2D eigenvalue weighted by atomic mass is 16.3. The lowest BCUT2D eigenvalue weighted by molar-refractivity contribution is -0.0503. The quantitative estimate of drug-likeness (QED) is 0.643. The summed E-state index contributed by atoms with van der Waals surface area (Å²) in [5, 5.41) is 12.7. The smallest absolute Gasteiger partial charge is 0.268 e. The Balaban J connectivity index is 1.20. The molecule has 1 amide bonds. The van der Waals surface area contributed by atoms with Crippen molar-refractivity contribution in [1.29, 1.82) is 0 Å². The van der Waals surface area contributed by atoms with E-state index in [0.29, 0.717) is 17.7 Å².